The molecule has 1 aliphatic heterocycles. The molecule has 2 aromatic heterocycles. The Bertz CT molecular complexity index is 1540. The van der Waals surface area contributed by atoms with E-state index in [1.165, 1.54) is 6.07 Å². The molecule has 42 heavy (non-hydrogen) atoms. The van der Waals surface area contributed by atoms with Crippen molar-refractivity contribution in [3.05, 3.63) is 95.4 Å². The van der Waals surface area contributed by atoms with Gasteiger partial charge >= 0.3 is 6.18 Å². The molecule has 2 aromatic carbocycles. The van der Waals surface area contributed by atoms with Gasteiger partial charge in [0.05, 0.1) is 16.8 Å². The zero-order valence-corrected chi connectivity index (χ0v) is 23.6. The van der Waals surface area contributed by atoms with Gasteiger partial charge in [-0.3, -0.25) is 9.78 Å². The normalized spacial score (nSPS) is 14.5. The number of nitrogens with one attached hydrogen (secondary N) is 2. The van der Waals surface area contributed by atoms with Gasteiger partial charge in [0, 0.05) is 35.5 Å². The van der Waals surface area contributed by atoms with Crippen molar-refractivity contribution < 1.29 is 18.0 Å². The van der Waals surface area contributed by atoms with Gasteiger partial charge in [-0.1, -0.05) is 19.1 Å². The van der Waals surface area contributed by atoms with Crippen molar-refractivity contribution in [3.63, 3.8) is 0 Å². The number of amides is 1. The molecule has 2 N–H and O–H groups in total. The number of benzene rings is 2. The summed E-state index contributed by atoms with van der Waals surface area (Å²) in [5, 5.41) is 5.79. The van der Waals surface area contributed by atoms with Crippen LogP contribution in [-0.4, -0.2) is 45.4 Å². The van der Waals surface area contributed by atoms with Crippen molar-refractivity contribution in [2.24, 2.45) is 0 Å². The molecule has 7 nitrogen and oxygen atoms in total. The standard InChI is InChI=1S/C32H33F3N6O/c1-3-15-41-16-11-22(12-17-41)23-7-9-26(27(18-23)32(33,34)35)30(42)38-25-8-6-21(2)29(19-25)40-31-37-14-10-28(39-31)24-5-4-13-36-20-24/h4-10,13-14,18-20,22H,3,11-12,15-17H2,1-2H3,(H,38,42)(H,37,39,40). The van der Waals surface area contributed by atoms with E-state index in [9.17, 15) is 18.0 Å². The van der Waals surface area contributed by atoms with E-state index in [0.717, 1.165) is 56.1 Å². The van der Waals surface area contributed by atoms with E-state index in [4.69, 9.17) is 0 Å². The molecule has 3 heterocycles. The van der Waals surface area contributed by atoms with E-state index in [0.29, 0.717) is 28.6 Å². The van der Waals surface area contributed by atoms with Crippen LogP contribution < -0.4 is 10.6 Å². The Labute approximate surface area is 243 Å². The molecular formula is C32H33F3N6O. The summed E-state index contributed by atoms with van der Waals surface area (Å²) in [4.78, 5) is 28.5. The molecule has 0 spiro atoms. The van der Waals surface area contributed by atoms with Crippen LogP contribution in [0.15, 0.2) is 73.2 Å². The summed E-state index contributed by atoms with van der Waals surface area (Å²) in [5.41, 5.74) is 2.61. The highest BCUT2D eigenvalue weighted by atomic mass is 19.4. The number of likely N-dealkylation sites (tertiary alicyclic amines) is 1. The number of alkyl halides is 3. The van der Waals surface area contributed by atoms with Crippen molar-refractivity contribution in [2.45, 2.75) is 45.2 Å². The van der Waals surface area contributed by atoms with Gasteiger partial charge in [-0.05, 0) is 105 Å². The molecular weight excluding hydrogens is 541 g/mol. The number of carbonyl (C=O) groups is 1. The minimum atomic E-state index is -4.66. The molecule has 1 aliphatic rings. The molecule has 4 aromatic rings. The molecule has 1 saturated heterocycles. The highest BCUT2D eigenvalue weighted by Crippen LogP contribution is 2.37. The lowest BCUT2D eigenvalue weighted by Crippen LogP contribution is -2.33. The smallest absolute Gasteiger partial charge is 0.324 e. The molecule has 1 amide bonds. The van der Waals surface area contributed by atoms with E-state index in [1.807, 2.05) is 19.1 Å². The van der Waals surface area contributed by atoms with Crippen molar-refractivity contribution in [1.29, 1.82) is 0 Å². The Hall–Kier alpha value is -4.31. The molecule has 218 valence electrons. The predicted molar refractivity (Wildman–Crippen MR) is 158 cm³/mol. The summed E-state index contributed by atoms with van der Waals surface area (Å²) in [6.07, 6.45) is 2.99. The third-order valence-electron chi connectivity index (χ3n) is 7.55. The molecule has 0 atom stereocenters. The summed E-state index contributed by atoms with van der Waals surface area (Å²) in [6.45, 7) is 6.72. The quantitative estimate of drug-likeness (QED) is 0.227. The molecule has 0 radical (unpaired) electrons. The number of hydrogen-bond acceptors (Lipinski definition) is 6. The molecule has 0 bridgehead atoms. The number of pyridine rings is 1. The minimum absolute atomic E-state index is 0.0425. The maximum atomic E-state index is 14.2. The highest BCUT2D eigenvalue weighted by Gasteiger charge is 2.36. The van der Waals surface area contributed by atoms with E-state index in [1.54, 1.807) is 48.9 Å². The maximum Gasteiger partial charge on any atom is 0.417 e. The van der Waals surface area contributed by atoms with Crippen LogP contribution in [0.25, 0.3) is 11.3 Å². The fourth-order valence-corrected chi connectivity index (χ4v) is 5.30. The first kappa shape index (κ1) is 29.2. The Morgan fingerprint density at radius 1 is 1.05 bits per heavy atom. The van der Waals surface area contributed by atoms with Crippen LogP contribution in [0.4, 0.5) is 30.5 Å². The van der Waals surface area contributed by atoms with Crippen LogP contribution >= 0.6 is 0 Å². The summed E-state index contributed by atoms with van der Waals surface area (Å²) >= 11 is 0. The second-order valence-electron chi connectivity index (χ2n) is 10.5. The number of halogens is 3. The number of aromatic nitrogens is 3. The van der Waals surface area contributed by atoms with Crippen LogP contribution in [0.2, 0.25) is 0 Å². The van der Waals surface area contributed by atoms with E-state index < -0.39 is 23.2 Å². The maximum absolute atomic E-state index is 14.2. The minimum Gasteiger partial charge on any atom is -0.324 e. The van der Waals surface area contributed by atoms with Gasteiger partial charge in [-0.25, -0.2) is 9.97 Å². The lowest BCUT2D eigenvalue weighted by atomic mass is 9.87. The number of anilines is 3. The zero-order chi connectivity index (χ0) is 29.7. The monoisotopic (exact) mass is 574 g/mol. The predicted octanol–water partition coefficient (Wildman–Crippen LogP) is 7.45. The number of carbonyl (C=O) groups excluding carboxylic acids is 1. The molecule has 1 fully saturated rings. The fraction of sp³-hybridized carbons (Fsp3) is 0.312. The number of hydrogen-bond donors (Lipinski definition) is 2. The van der Waals surface area contributed by atoms with Crippen LogP contribution in [0.5, 0.6) is 0 Å². The average Bonchev–Trinajstić information content (AvgIpc) is 2.99. The van der Waals surface area contributed by atoms with Gasteiger partial charge in [0.15, 0.2) is 0 Å². The molecule has 10 heteroatoms. The van der Waals surface area contributed by atoms with E-state index >= 15 is 0 Å². The Morgan fingerprint density at radius 3 is 2.57 bits per heavy atom. The van der Waals surface area contributed by atoms with Gasteiger partial charge in [-0.2, -0.15) is 13.2 Å². The van der Waals surface area contributed by atoms with E-state index in [2.05, 4.69) is 37.4 Å². The second kappa shape index (κ2) is 12.7. The lowest BCUT2D eigenvalue weighted by Gasteiger charge is -2.32. The van der Waals surface area contributed by atoms with Crippen molar-refractivity contribution >= 4 is 23.2 Å². The van der Waals surface area contributed by atoms with E-state index in [-0.39, 0.29) is 5.92 Å². The van der Waals surface area contributed by atoms with Gasteiger partial charge in [-0.15, -0.1) is 0 Å². The van der Waals surface area contributed by atoms with Gasteiger partial charge in [0.2, 0.25) is 5.95 Å². The first-order chi connectivity index (χ1) is 20.2. The van der Waals surface area contributed by atoms with Crippen LogP contribution in [0.3, 0.4) is 0 Å². The average molecular weight is 575 g/mol. The summed E-state index contributed by atoms with van der Waals surface area (Å²) < 4.78 is 42.5. The number of nitrogens with zero attached hydrogens (tertiary/aromatic N) is 4. The van der Waals surface area contributed by atoms with Gasteiger partial charge < -0.3 is 15.5 Å². The van der Waals surface area contributed by atoms with Crippen LogP contribution in [0.1, 0.15) is 59.2 Å². The first-order valence-electron chi connectivity index (χ1n) is 14.1. The molecule has 5 rings (SSSR count). The molecule has 0 saturated carbocycles. The number of rotatable bonds is 8. The summed E-state index contributed by atoms with van der Waals surface area (Å²) in [7, 11) is 0. The number of piperidine rings is 1. The third-order valence-corrected chi connectivity index (χ3v) is 7.55. The Morgan fingerprint density at radius 2 is 1.86 bits per heavy atom. The molecule has 0 unspecified atom stereocenters. The Kier molecular flexibility index (Phi) is 8.82. The van der Waals surface area contributed by atoms with Crippen molar-refractivity contribution in [2.75, 3.05) is 30.3 Å². The Balaban J connectivity index is 1.34. The number of aryl methyl sites for hydroxylation is 1. The van der Waals surface area contributed by atoms with Crippen molar-refractivity contribution in [3.8, 4) is 11.3 Å². The summed E-state index contributed by atoms with van der Waals surface area (Å²) in [6, 6.07) is 14.7. The lowest BCUT2D eigenvalue weighted by molar-refractivity contribution is -0.138. The fourth-order valence-electron chi connectivity index (χ4n) is 5.30. The van der Waals surface area contributed by atoms with Crippen LogP contribution in [-0.2, 0) is 6.18 Å². The summed E-state index contributed by atoms with van der Waals surface area (Å²) in [5.74, 6) is -0.449. The van der Waals surface area contributed by atoms with Crippen LogP contribution in [0, 0.1) is 6.92 Å². The third kappa shape index (κ3) is 6.94. The largest absolute Gasteiger partial charge is 0.417 e. The van der Waals surface area contributed by atoms with Gasteiger partial charge in [0.1, 0.15) is 0 Å². The first-order valence-corrected chi connectivity index (χ1v) is 14.1. The van der Waals surface area contributed by atoms with Gasteiger partial charge in [0.25, 0.3) is 5.91 Å². The van der Waals surface area contributed by atoms with Crippen molar-refractivity contribution in [1.82, 2.24) is 19.9 Å². The second-order valence-corrected chi connectivity index (χ2v) is 10.5. The molecule has 0 aliphatic carbocycles. The SMILES string of the molecule is CCCN1CCC(c2ccc(C(=O)Nc3ccc(C)c(Nc4nccc(-c5cccnc5)n4)c3)c(C(F)(F)F)c2)CC1. The highest BCUT2D eigenvalue weighted by molar-refractivity contribution is 6.05. The topological polar surface area (TPSA) is 83.0 Å². The zero-order valence-electron chi connectivity index (χ0n) is 23.6.